The van der Waals surface area contributed by atoms with Crippen LogP contribution in [0.4, 0.5) is 0 Å². The second kappa shape index (κ2) is 38.2. The second-order valence-corrected chi connectivity index (χ2v) is 31.5. The van der Waals surface area contributed by atoms with Crippen LogP contribution in [-0.2, 0) is 43.2 Å². The summed E-state index contributed by atoms with van der Waals surface area (Å²) in [5.41, 5.74) is 5.43. The second-order valence-electron chi connectivity index (χ2n) is 20.9. The minimum Gasteiger partial charge on any atom is -0.481 e. The molecule has 18 nitrogen and oxygen atoms in total. The molecule has 0 saturated heterocycles. The fraction of sp³-hybridized carbons (Fsp3) is 0.318. The lowest BCUT2D eigenvalue weighted by Gasteiger charge is -2.19. The maximum atomic E-state index is 12.1. The summed E-state index contributed by atoms with van der Waals surface area (Å²) in [5.74, 6) is -2.44. The molecule has 3 N–H and O–H groups in total. The van der Waals surface area contributed by atoms with E-state index in [0.717, 1.165) is 33.4 Å². The number of aliphatic carboxylic acids is 3. The average molecular weight is 1910 g/mol. The number of alkyl halides is 6. The van der Waals surface area contributed by atoms with Gasteiger partial charge in [0.05, 0.1) is 8.86 Å². The molecule has 2 atom stereocenters. The molecule has 0 aliphatic rings. The molecule has 6 aromatic carbocycles. The van der Waals surface area contributed by atoms with Gasteiger partial charge in [0.15, 0.2) is 0 Å². The van der Waals surface area contributed by atoms with Gasteiger partial charge in [-0.25, -0.2) is 0 Å². The van der Waals surface area contributed by atoms with Crippen LogP contribution >= 0.6 is 136 Å². The molecule has 0 bridgehead atoms. The van der Waals surface area contributed by atoms with Gasteiger partial charge >= 0.3 is 53.7 Å². The number of esters is 6. The third kappa shape index (κ3) is 27.6. The number of benzene rings is 6. The highest BCUT2D eigenvalue weighted by atomic mass is 127. The molecule has 2 unspecified atom stereocenters. The minimum absolute atomic E-state index is 0.00416. The lowest BCUT2D eigenvalue weighted by atomic mass is 9.87. The molecule has 6 aromatic rings. The molecule has 0 aliphatic carbocycles. The van der Waals surface area contributed by atoms with Crippen molar-refractivity contribution in [2.45, 2.75) is 113 Å². The Kier molecular flexibility index (Phi) is 32.8. The van der Waals surface area contributed by atoms with Gasteiger partial charge < -0.3 is 43.7 Å². The highest BCUT2D eigenvalue weighted by Gasteiger charge is 2.28. The SMILES string of the molecule is CC(C)(I)C(=O)Oc1ccc(C(CCC(=O)O)c2ccc(OC(=O)C(C)(C)I)cc2)cc1.CC(I)C(=O)Oc1ccc(C(CCC(=O)O)c2ccc(OC(=O)C(C)I)cc2)cc1.O=C(O)CCC(c1ccc(OC(=O)CI)cc1)c1ccc(OC(=O)CI)cc1. The van der Waals surface area contributed by atoms with Crippen LogP contribution < -0.4 is 28.4 Å². The summed E-state index contributed by atoms with van der Waals surface area (Å²) in [7, 11) is 0. The number of carbonyl (C=O) groups is 9. The summed E-state index contributed by atoms with van der Waals surface area (Å²) in [6.07, 6.45) is 1.25. The van der Waals surface area contributed by atoms with Crippen molar-refractivity contribution in [3.63, 3.8) is 0 Å². The number of ether oxygens (including phenoxy) is 6. The predicted octanol–water partition coefficient (Wildman–Crippen LogP) is 15.4. The molecule has 0 amide bonds. The van der Waals surface area contributed by atoms with Crippen LogP contribution in [0, 0.1) is 0 Å². The maximum absolute atomic E-state index is 12.1. The molecule has 24 heteroatoms. The Morgan fingerprint density at radius 1 is 0.356 bits per heavy atom. The number of hydrogen-bond acceptors (Lipinski definition) is 15. The lowest BCUT2D eigenvalue weighted by Crippen LogP contribution is -2.28. The zero-order valence-electron chi connectivity index (χ0n) is 49.6. The van der Waals surface area contributed by atoms with E-state index >= 15 is 0 Å². The van der Waals surface area contributed by atoms with E-state index < -0.39 is 24.8 Å². The fourth-order valence-corrected chi connectivity index (χ4v) is 8.94. The van der Waals surface area contributed by atoms with E-state index in [1.54, 1.807) is 114 Å². The van der Waals surface area contributed by atoms with E-state index in [9.17, 15) is 48.3 Å². The monoisotopic (exact) mass is 1910 g/mol. The summed E-state index contributed by atoms with van der Waals surface area (Å²) >= 11 is 11.9. The van der Waals surface area contributed by atoms with Gasteiger partial charge in [-0.15, -0.1) is 0 Å². The van der Waals surface area contributed by atoms with Crippen molar-refractivity contribution in [2.24, 2.45) is 0 Å². The summed E-state index contributed by atoms with van der Waals surface area (Å²) < 4.78 is 30.5. The first-order valence-electron chi connectivity index (χ1n) is 27.7. The topological polar surface area (TPSA) is 270 Å². The van der Waals surface area contributed by atoms with E-state index in [2.05, 4.69) is 0 Å². The van der Waals surface area contributed by atoms with Crippen LogP contribution in [0.5, 0.6) is 34.5 Å². The van der Waals surface area contributed by atoms with E-state index in [-0.39, 0.29) is 89.5 Å². The molecule has 0 spiro atoms. The average Bonchev–Trinajstić information content (AvgIpc) is 1.57. The largest absolute Gasteiger partial charge is 0.481 e. The Hall–Kier alpha value is -5.07. The van der Waals surface area contributed by atoms with Crippen molar-refractivity contribution in [1.29, 1.82) is 0 Å². The standard InChI is InChI=1S/C24H26I2O6.C22H22I2O6.C20H18I2O6/c1-23(2,25)21(29)31-17-9-5-15(6-10-17)19(13-14-20(27)28)16-7-11-18(12-8-16)32-22(30)24(3,4)26;1-13(23)21(27)29-17-7-3-15(4-8-17)19(11-12-20(25)26)16-5-9-18(10-6-16)30-22(28)14(2)24;21-11-19(25)27-15-5-1-13(2-6-15)17(9-10-18(23)24)14-3-7-16(8-4-14)28-20(26)12-22/h5-12,19H,13-14H2,1-4H3,(H,27,28);3-10,13-14,19H,11-12H2,1-2H3,(H,25,26);1-8,17H,9-12H2,(H,23,24). The molecule has 6 rings (SSSR count). The number of carboxylic acids is 3. The first kappa shape index (κ1) is 77.4. The number of hydrogen-bond donors (Lipinski definition) is 3. The van der Waals surface area contributed by atoms with Crippen molar-refractivity contribution in [2.75, 3.05) is 8.86 Å². The van der Waals surface area contributed by atoms with Crippen LogP contribution in [0.15, 0.2) is 146 Å². The Bertz CT molecular complexity index is 3160. The summed E-state index contributed by atoms with van der Waals surface area (Å²) in [6.45, 7) is 10.6. The van der Waals surface area contributed by atoms with Crippen LogP contribution in [0.25, 0.3) is 0 Å². The van der Waals surface area contributed by atoms with E-state index in [0.29, 0.717) is 53.8 Å². The number of halogens is 6. The number of rotatable bonds is 27. The normalized spacial score (nSPS) is 12.1. The zero-order chi connectivity index (χ0) is 66.9. The van der Waals surface area contributed by atoms with Crippen molar-refractivity contribution in [3.8, 4) is 34.5 Å². The van der Waals surface area contributed by atoms with Gasteiger partial charge in [0.2, 0.25) is 0 Å². The smallest absolute Gasteiger partial charge is 0.326 e. The number of carboxylic acid groups (broad SMARTS) is 3. The first-order chi connectivity index (χ1) is 42.4. The Morgan fingerprint density at radius 3 is 0.711 bits per heavy atom. The van der Waals surface area contributed by atoms with Crippen molar-refractivity contribution in [1.82, 2.24) is 0 Å². The quantitative estimate of drug-likeness (QED) is 0.0187. The molecule has 0 radical (unpaired) electrons. The Balaban J connectivity index is 0.000000289. The van der Waals surface area contributed by atoms with Gasteiger partial charge in [-0.1, -0.05) is 208 Å². The Labute approximate surface area is 604 Å². The van der Waals surface area contributed by atoms with Crippen LogP contribution in [0.1, 0.15) is 131 Å². The molecule has 0 fully saturated rings. The van der Waals surface area contributed by atoms with Gasteiger partial charge in [-0.05, 0) is 167 Å². The van der Waals surface area contributed by atoms with Crippen molar-refractivity contribution < 1.29 is 86.9 Å². The van der Waals surface area contributed by atoms with Gasteiger partial charge in [-0.3, -0.25) is 43.2 Å². The molecule has 0 heterocycles. The van der Waals surface area contributed by atoms with Crippen LogP contribution in [-0.4, -0.2) is 92.6 Å². The van der Waals surface area contributed by atoms with Crippen LogP contribution in [0.2, 0.25) is 0 Å². The molecular weight excluding hydrogens is 1840 g/mol. The summed E-state index contributed by atoms with van der Waals surface area (Å²) in [4.78, 5) is 104. The maximum Gasteiger partial charge on any atom is 0.326 e. The van der Waals surface area contributed by atoms with Gasteiger partial charge in [-0.2, -0.15) is 0 Å². The third-order valence-corrected chi connectivity index (χ3v) is 15.9. The molecule has 0 saturated carbocycles. The summed E-state index contributed by atoms with van der Waals surface area (Å²) in [5, 5.41) is 27.4. The van der Waals surface area contributed by atoms with Gasteiger partial charge in [0.1, 0.15) is 49.2 Å². The Morgan fingerprint density at radius 2 is 0.544 bits per heavy atom. The van der Waals surface area contributed by atoms with Gasteiger partial charge in [0.25, 0.3) is 0 Å². The fourth-order valence-electron chi connectivity index (χ4n) is 8.16. The van der Waals surface area contributed by atoms with Gasteiger partial charge in [0, 0.05) is 37.0 Å². The first-order valence-corrected chi connectivity index (χ1v) is 35.4. The minimum atomic E-state index is -0.875. The highest BCUT2D eigenvalue weighted by Crippen LogP contribution is 2.36. The van der Waals surface area contributed by atoms with Crippen molar-refractivity contribution in [3.05, 3.63) is 179 Å². The molecule has 0 aromatic heterocycles. The highest BCUT2D eigenvalue weighted by molar-refractivity contribution is 14.1. The third-order valence-electron chi connectivity index (χ3n) is 12.8. The zero-order valence-corrected chi connectivity index (χ0v) is 62.6. The van der Waals surface area contributed by atoms with Crippen molar-refractivity contribution >= 4 is 189 Å². The number of carbonyl (C=O) groups excluding carboxylic acids is 6. The molecule has 90 heavy (non-hydrogen) atoms. The van der Waals surface area contributed by atoms with E-state index in [4.69, 9.17) is 38.6 Å². The molecular formula is C66H66I6O18. The predicted molar refractivity (Wildman–Crippen MR) is 390 cm³/mol. The summed E-state index contributed by atoms with van der Waals surface area (Å²) in [6, 6.07) is 42.4. The van der Waals surface area contributed by atoms with Crippen LogP contribution in [0.3, 0.4) is 0 Å². The van der Waals surface area contributed by atoms with E-state index in [1.165, 1.54) is 0 Å². The van der Waals surface area contributed by atoms with E-state index in [1.807, 2.05) is 208 Å². The molecule has 480 valence electrons. The molecule has 0 aliphatic heterocycles. The lowest BCUT2D eigenvalue weighted by molar-refractivity contribution is -0.138.